The van der Waals surface area contributed by atoms with Crippen LogP contribution in [0.15, 0.2) is 30.8 Å². The van der Waals surface area contributed by atoms with E-state index >= 15 is 0 Å². The van der Waals surface area contributed by atoms with E-state index in [1.165, 1.54) is 0 Å². The average molecular weight is 278 g/mol. The van der Waals surface area contributed by atoms with Gasteiger partial charge in [0.15, 0.2) is 8.32 Å². The van der Waals surface area contributed by atoms with Gasteiger partial charge >= 0.3 is 0 Å². The van der Waals surface area contributed by atoms with Crippen molar-refractivity contribution in [3.05, 3.63) is 36.4 Å². The summed E-state index contributed by atoms with van der Waals surface area (Å²) in [5, 5.41) is 0.249. The fourth-order valence-corrected chi connectivity index (χ4v) is 2.40. The summed E-state index contributed by atoms with van der Waals surface area (Å²) in [6.45, 7) is 16.2. The highest BCUT2D eigenvalue weighted by molar-refractivity contribution is 6.74. The summed E-state index contributed by atoms with van der Waals surface area (Å²) in [6.07, 6.45) is 1.82. The number of hydrogen-bond acceptors (Lipinski definition) is 2. The van der Waals surface area contributed by atoms with E-state index in [1.54, 1.807) is 0 Å². The van der Waals surface area contributed by atoms with E-state index in [0.717, 1.165) is 11.3 Å². The van der Waals surface area contributed by atoms with Gasteiger partial charge in [-0.05, 0) is 35.8 Å². The number of benzene rings is 1. The lowest BCUT2D eigenvalue weighted by Crippen LogP contribution is -2.41. The Morgan fingerprint density at radius 1 is 1.11 bits per heavy atom. The van der Waals surface area contributed by atoms with Crippen LogP contribution in [0.2, 0.25) is 18.1 Å². The van der Waals surface area contributed by atoms with Crippen molar-refractivity contribution >= 4 is 14.4 Å². The normalized spacial score (nSPS) is 12.3. The van der Waals surface area contributed by atoms with Crippen molar-refractivity contribution in [3.8, 4) is 5.75 Å². The molecule has 0 aromatic heterocycles. The first kappa shape index (κ1) is 16.0. The van der Waals surface area contributed by atoms with Crippen LogP contribution in [0.1, 0.15) is 26.3 Å². The van der Waals surface area contributed by atoms with Gasteiger partial charge in [-0.2, -0.15) is 0 Å². The lowest BCUT2D eigenvalue weighted by molar-refractivity contribution is 0.203. The lowest BCUT2D eigenvalue weighted by atomic mass is 10.2. The molecular formula is C16H26O2Si. The highest BCUT2D eigenvalue weighted by Gasteiger charge is 2.36. The highest BCUT2D eigenvalue weighted by Crippen LogP contribution is 2.36. The van der Waals surface area contributed by atoms with Crippen LogP contribution in [0.25, 0.3) is 6.08 Å². The molecule has 106 valence electrons. The minimum Gasteiger partial charge on any atom is -0.491 e. The van der Waals surface area contributed by atoms with Crippen LogP contribution >= 0.6 is 0 Å². The van der Waals surface area contributed by atoms with E-state index in [0.29, 0.717) is 13.2 Å². The first-order valence-electron chi connectivity index (χ1n) is 6.75. The Hall–Kier alpha value is -1.06. The first-order chi connectivity index (χ1) is 8.76. The summed E-state index contributed by atoms with van der Waals surface area (Å²) in [7, 11) is -1.65. The molecule has 19 heavy (non-hydrogen) atoms. The summed E-state index contributed by atoms with van der Waals surface area (Å²) in [4.78, 5) is 0. The van der Waals surface area contributed by atoms with Gasteiger partial charge in [0, 0.05) is 0 Å². The zero-order valence-electron chi connectivity index (χ0n) is 12.8. The molecule has 0 fully saturated rings. The van der Waals surface area contributed by atoms with E-state index in [-0.39, 0.29) is 5.04 Å². The van der Waals surface area contributed by atoms with Gasteiger partial charge in [0.2, 0.25) is 0 Å². The molecule has 0 spiro atoms. The summed E-state index contributed by atoms with van der Waals surface area (Å²) < 4.78 is 11.7. The van der Waals surface area contributed by atoms with E-state index in [2.05, 4.69) is 40.4 Å². The van der Waals surface area contributed by atoms with E-state index < -0.39 is 8.32 Å². The number of rotatable bonds is 6. The van der Waals surface area contributed by atoms with Crippen molar-refractivity contribution in [2.75, 3.05) is 13.2 Å². The fraction of sp³-hybridized carbons (Fsp3) is 0.500. The molecule has 0 saturated heterocycles. The minimum atomic E-state index is -1.65. The van der Waals surface area contributed by atoms with Crippen molar-refractivity contribution in [2.24, 2.45) is 0 Å². The molecule has 0 radical (unpaired) electrons. The molecule has 1 aromatic rings. The van der Waals surface area contributed by atoms with Crippen LogP contribution in [0.5, 0.6) is 5.75 Å². The van der Waals surface area contributed by atoms with Gasteiger partial charge in [-0.15, -0.1) is 0 Å². The second-order valence-electron chi connectivity index (χ2n) is 6.23. The predicted molar refractivity (Wildman–Crippen MR) is 85.2 cm³/mol. The van der Waals surface area contributed by atoms with Crippen molar-refractivity contribution < 1.29 is 9.16 Å². The van der Waals surface area contributed by atoms with Gasteiger partial charge in [-0.1, -0.05) is 45.6 Å². The average Bonchev–Trinajstić information content (AvgIpc) is 2.34. The van der Waals surface area contributed by atoms with Crippen LogP contribution in [-0.4, -0.2) is 21.5 Å². The van der Waals surface area contributed by atoms with Crippen LogP contribution in [0.3, 0.4) is 0 Å². The molecule has 0 saturated carbocycles. The standard InChI is InChI=1S/C16H26O2Si/c1-7-14-8-10-15(11-9-14)17-12-13-18-19(5,6)16(2,3)4/h7-11H,1,12-13H2,2-6H3. The SMILES string of the molecule is C=Cc1ccc(OCCO[Si](C)(C)C(C)(C)C)cc1. The summed E-state index contributed by atoms with van der Waals surface area (Å²) in [6, 6.07) is 7.92. The topological polar surface area (TPSA) is 18.5 Å². The maximum absolute atomic E-state index is 6.06. The maximum Gasteiger partial charge on any atom is 0.192 e. The van der Waals surface area contributed by atoms with Crippen LogP contribution in [0.4, 0.5) is 0 Å². The molecule has 3 heteroatoms. The van der Waals surface area contributed by atoms with Gasteiger partial charge < -0.3 is 9.16 Å². The molecule has 0 aliphatic heterocycles. The van der Waals surface area contributed by atoms with Gasteiger partial charge in [-0.3, -0.25) is 0 Å². The Kier molecular flexibility index (Phi) is 5.38. The van der Waals surface area contributed by atoms with Crippen molar-refractivity contribution in [2.45, 2.75) is 38.9 Å². The smallest absolute Gasteiger partial charge is 0.192 e. The third-order valence-electron chi connectivity index (χ3n) is 3.74. The summed E-state index contributed by atoms with van der Waals surface area (Å²) in [5.41, 5.74) is 1.10. The zero-order chi connectivity index (χ0) is 14.5. The summed E-state index contributed by atoms with van der Waals surface area (Å²) >= 11 is 0. The van der Waals surface area contributed by atoms with Gasteiger partial charge in [0.05, 0.1) is 6.61 Å². The quantitative estimate of drug-likeness (QED) is 0.553. The lowest BCUT2D eigenvalue weighted by Gasteiger charge is -2.36. The van der Waals surface area contributed by atoms with E-state index in [4.69, 9.17) is 9.16 Å². The molecular weight excluding hydrogens is 252 g/mol. The van der Waals surface area contributed by atoms with Crippen molar-refractivity contribution in [3.63, 3.8) is 0 Å². The van der Waals surface area contributed by atoms with Gasteiger partial charge in [-0.25, -0.2) is 0 Å². The van der Waals surface area contributed by atoms with Gasteiger partial charge in [0.25, 0.3) is 0 Å². The highest BCUT2D eigenvalue weighted by atomic mass is 28.4. The molecule has 0 heterocycles. The Labute approximate surface area is 118 Å². The monoisotopic (exact) mass is 278 g/mol. The molecule has 1 aromatic carbocycles. The second-order valence-corrected chi connectivity index (χ2v) is 11.0. The Balaban J connectivity index is 2.36. The zero-order valence-corrected chi connectivity index (χ0v) is 13.8. The Bertz CT molecular complexity index is 402. The maximum atomic E-state index is 6.06. The molecule has 0 N–H and O–H groups in total. The third kappa shape index (κ3) is 4.84. The molecule has 0 aliphatic carbocycles. The first-order valence-corrected chi connectivity index (χ1v) is 9.66. The molecule has 0 aliphatic rings. The van der Waals surface area contributed by atoms with Gasteiger partial charge in [0.1, 0.15) is 12.4 Å². The van der Waals surface area contributed by atoms with E-state index in [9.17, 15) is 0 Å². The third-order valence-corrected chi connectivity index (χ3v) is 8.28. The molecule has 0 unspecified atom stereocenters. The minimum absolute atomic E-state index is 0.249. The largest absolute Gasteiger partial charge is 0.491 e. The van der Waals surface area contributed by atoms with E-state index in [1.807, 2.05) is 30.3 Å². The number of ether oxygens (including phenoxy) is 1. The predicted octanol–water partition coefficient (Wildman–Crippen LogP) is 4.73. The second kappa shape index (κ2) is 6.39. The summed E-state index contributed by atoms with van der Waals surface area (Å²) in [5.74, 6) is 0.879. The van der Waals surface area contributed by atoms with Crippen LogP contribution < -0.4 is 4.74 Å². The Morgan fingerprint density at radius 3 is 2.16 bits per heavy atom. The number of hydrogen-bond donors (Lipinski definition) is 0. The molecule has 2 nitrogen and oxygen atoms in total. The molecule has 0 amide bonds. The van der Waals surface area contributed by atoms with Crippen molar-refractivity contribution in [1.82, 2.24) is 0 Å². The van der Waals surface area contributed by atoms with Crippen molar-refractivity contribution in [1.29, 1.82) is 0 Å². The van der Waals surface area contributed by atoms with Crippen LogP contribution in [0, 0.1) is 0 Å². The molecule has 0 atom stereocenters. The van der Waals surface area contributed by atoms with Crippen LogP contribution in [-0.2, 0) is 4.43 Å². The Morgan fingerprint density at radius 2 is 1.68 bits per heavy atom. The fourth-order valence-electron chi connectivity index (χ4n) is 1.37. The molecule has 1 rings (SSSR count). The molecule has 0 bridgehead atoms.